The van der Waals surface area contributed by atoms with Crippen molar-refractivity contribution in [2.75, 3.05) is 19.5 Å². The first kappa shape index (κ1) is 25.2. The second kappa shape index (κ2) is 11.2. The number of hydrogen-bond donors (Lipinski definition) is 1. The Balaban J connectivity index is 1.61. The van der Waals surface area contributed by atoms with Crippen molar-refractivity contribution in [1.29, 1.82) is 0 Å². The predicted octanol–water partition coefficient (Wildman–Crippen LogP) is 5.14. The summed E-state index contributed by atoms with van der Waals surface area (Å²) >= 11 is 1.13. The number of carbonyl (C=O) groups excluding carboxylic acids is 2. The molecule has 1 heterocycles. The van der Waals surface area contributed by atoms with Gasteiger partial charge in [0.1, 0.15) is 16.9 Å². The van der Waals surface area contributed by atoms with Gasteiger partial charge < -0.3 is 14.8 Å². The normalized spacial score (nSPS) is 16.7. The lowest BCUT2D eigenvalue weighted by Crippen LogP contribution is -2.44. The Morgan fingerprint density at radius 1 is 1.00 bits per heavy atom. The number of thioether (sulfide) groups is 1. The molecule has 186 valence electrons. The molecule has 3 aromatic rings. The van der Waals surface area contributed by atoms with E-state index in [0.717, 1.165) is 17.3 Å². The highest BCUT2D eigenvalue weighted by atomic mass is 32.2. The summed E-state index contributed by atoms with van der Waals surface area (Å²) in [4.78, 5) is 32.2. The number of halogens is 2. The fraction of sp³-hybridized carbons (Fsp3) is 0.192. The third kappa shape index (κ3) is 6.01. The molecule has 0 radical (unpaired) electrons. The third-order valence-corrected chi connectivity index (χ3v) is 6.57. The van der Waals surface area contributed by atoms with Crippen LogP contribution in [0.5, 0.6) is 11.5 Å². The SMILES string of the molecule is COc1ccc(CN2C(=O)CC(C(=O)Nc3ccc(F)cc3)SC2=Nc2ccc(F)cc2)cc1OC. The second-order valence-electron chi connectivity index (χ2n) is 7.85. The Morgan fingerprint density at radius 3 is 2.28 bits per heavy atom. The molecule has 7 nitrogen and oxygen atoms in total. The molecule has 1 saturated heterocycles. The van der Waals surface area contributed by atoms with Crippen LogP contribution in [0.4, 0.5) is 20.2 Å². The van der Waals surface area contributed by atoms with Gasteiger partial charge in [-0.05, 0) is 66.2 Å². The van der Waals surface area contributed by atoms with E-state index in [9.17, 15) is 18.4 Å². The highest BCUT2D eigenvalue weighted by molar-refractivity contribution is 8.15. The number of nitrogens with one attached hydrogen (secondary N) is 1. The van der Waals surface area contributed by atoms with E-state index in [1.807, 2.05) is 6.07 Å². The predicted molar refractivity (Wildman–Crippen MR) is 135 cm³/mol. The maximum atomic E-state index is 13.4. The number of hydrogen-bond acceptors (Lipinski definition) is 6. The van der Waals surface area contributed by atoms with Crippen molar-refractivity contribution < 1.29 is 27.8 Å². The van der Waals surface area contributed by atoms with Crippen molar-refractivity contribution >= 4 is 40.1 Å². The summed E-state index contributed by atoms with van der Waals surface area (Å²) in [6.07, 6.45) is -0.0621. The Hall–Kier alpha value is -3.92. The van der Waals surface area contributed by atoms with Crippen molar-refractivity contribution in [3.05, 3.63) is 83.9 Å². The molecule has 1 N–H and O–H groups in total. The van der Waals surface area contributed by atoms with Crippen molar-refractivity contribution in [3.8, 4) is 11.5 Å². The van der Waals surface area contributed by atoms with Crippen LogP contribution in [0.1, 0.15) is 12.0 Å². The Kier molecular flexibility index (Phi) is 7.84. The topological polar surface area (TPSA) is 80.2 Å². The molecule has 1 atom stereocenters. The first-order valence-electron chi connectivity index (χ1n) is 10.9. The van der Waals surface area contributed by atoms with Crippen LogP contribution in [0.3, 0.4) is 0 Å². The van der Waals surface area contributed by atoms with E-state index < -0.39 is 22.8 Å². The first-order valence-corrected chi connectivity index (χ1v) is 11.8. The largest absolute Gasteiger partial charge is 0.493 e. The molecule has 2 amide bonds. The minimum atomic E-state index is -0.761. The van der Waals surface area contributed by atoms with Crippen LogP contribution in [0.2, 0.25) is 0 Å². The summed E-state index contributed by atoms with van der Waals surface area (Å²) in [6, 6.07) is 16.2. The summed E-state index contributed by atoms with van der Waals surface area (Å²) in [6.45, 7) is 0.179. The van der Waals surface area contributed by atoms with E-state index in [4.69, 9.17) is 9.47 Å². The molecule has 36 heavy (non-hydrogen) atoms. The standard InChI is InChI=1S/C26H23F2N3O4S/c1-34-21-12-3-16(13-22(21)35-2)15-31-24(32)14-23(25(33)29-19-8-4-17(27)5-9-19)36-26(31)30-20-10-6-18(28)7-11-20/h3-13,23H,14-15H2,1-2H3,(H,29,33). The number of nitrogens with zero attached hydrogens (tertiary/aromatic N) is 2. The molecule has 0 aromatic heterocycles. The van der Waals surface area contributed by atoms with Crippen LogP contribution >= 0.6 is 11.8 Å². The highest BCUT2D eigenvalue weighted by Gasteiger charge is 2.36. The van der Waals surface area contributed by atoms with Gasteiger partial charge in [0.2, 0.25) is 11.8 Å². The quantitative estimate of drug-likeness (QED) is 0.475. The molecule has 0 saturated carbocycles. The maximum Gasteiger partial charge on any atom is 0.238 e. The first-order chi connectivity index (χ1) is 17.4. The van der Waals surface area contributed by atoms with Gasteiger partial charge in [-0.3, -0.25) is 14.5 Å². The monoisotopic (exact) mass is 511 g/mol. The average molecular weight is 512 g/mol. The summed E-state index contributed by atoms with van der Waals surface area (Å²) in [5, 5.41) is 2.25. The van der Waals surface area contributed by atoms with Gasteiger partial charge in [-0.2, -0.15) is 0 Å². The Bertz CT molecular complexity index is 1280. The molecular formula is C26H23F2N3O4S. The molecule has 1 aliphatic heterocycles. The number of amides is 2. The number of anilines is 1. The van der Waals surface area contributed by atoms with Gasteiger partial charge in [0, 0.05) is 12.1 Å². The van der Waals surface area contributed by atoms with Crippen molar-refractivity contribution in [2.24, 2.45) is 4.99 Å². The molecule has 0 aliphatic carbocycles. The fourth-order valence-electron chi connectivity index (χ4n) is 3.54. The number of amidine groups is 1. The Labute approximate surface area is 211 Å². The fourth-order valence-corrected chi connectivity index (χ4v) is 4.64. The highest BCUT2D eigenvalue weighted by Crippen LogP contribution is 2.33. The summed E-state index contributed by atoms with van der Waals surface area (Å²) in [5.74, 6) is -0.472. The van der Waals surface area contributed by atoms with Crippen molar-refractivity contribution in [1.82, 2.24) is 4.90 Å². The lowest BCUT2D eigenvalue weighted by molar-refractivity contribution is -0.129. The summed E-state index contributed by atoms with van der Waals surface area (Å²) in [7, 11) is 3.06. The number of benzene rings is 3. The van der Waals surface area contributed by atoms with Crippen LogP contribution in [0, 0.1) is 11.6 Å². The van der Waals surface area contributed by atoms with E-state index in [-0.39, 0.29) is 18.9 Å². The van der Waals surface area contributed by atoms with Crippen LogP contribution in [0.15, 0.2) is 71.7 Å². The summed E-state index contributed by atoms with van der Waals surface area (Å²) < 4.78 is 37.3. The molecule has 10 heteroatoms. The van der Waals surface area contributed by atoms with Crippen molar-refractivity contribution in [3.63, 3.8) is 0 Å². The van der Waals surface area contributed by atoms with E-state index in [1.165, 1.54) is 67.7 Å². The van der Waals surface area contributed by atoms with Crippen LogP contribution in [-0.4, -0.2) is 41.4 Å². The van der Waals surface area contributed by atoms with Gasteiger partial charge in [0.15, 0.2) is 16.7 Å². The number of rotatable bonds is 7. The molecular weight excluding hydrogens is 488 g/mol. The van der Waals surface area contributed by atoms with Gasteiger partial charge in [-0.1, -0.05) is 17.8 Å². The van der Waals surface area contributed by atoms with Crippen LogP contribution < -0.4 is 14.8 Å². The Morgan fingerprint density at radius 2 is 1.64 bits per heavy atom. The van der Waals surface area contributed by atoms with E-state index in [1.54, 1.807) is 12.1 Å². The minimum absolute atomic E-state index is 0.0621. The number of aliphatic imine (C=N–C) groups is 1. The van der Waals surface area contributed by atoms with E-state index in [0.29, 0.717) is 28.0 Å². The van der Waals surface area contributed by atoms with Gasteiger partial charge >= 0.3 is 0 Å². The minimum Gasteiger partial charge on any atom is -0.493 e. The lowest BCUT2D eigenvalue weighted by atomic mass is 10.1. The molecule has 1 unspecified atom stereocenters. The molecule has 3 aromatic carbocycles. The van der Waals surface area contributed by atoms with Gasteiger partial charge in [-0.15, -0.1) is 0 Å². The third-order valence-electron chi connectivity index (χ3n) is 5.38. The zero-order chi connectivity index (χ0) is 25.7. The average Bonchev–Trinajstić information content (AvgIpc) is 2.88. The second-order valence-corrected chi connectivity index (χ2v) is 9.02. The lowest BCUT2D eigenvalue weighted by Gasteiger charge is -2.32. The molecule has 1 aliphatic rings. The number of methoxy groups -OCH3 is 2. The number of ether oxygens (including phenoxy) is 2. The zero-order valence-corrected chi connectivity index (χ0v) is 20.4. The smallest absolute Gasteiger partial charge is 0.238 e. The van der Waals surface area contributed by atoms with Crippen LogP contribution in [-0.2, 0) is 16.1 Å². The molecule has 0 bridgehead atoms. The van der Waals surface area contributed by atoms with Gasteiger partial charge in [-0.25, -0.2) is 13.8 Å². The van der Waals surface area contributed by atoms with E-state index >= 15 is 0 Å². The van der Waals surface area contributed by atoms with Gasteiger partial charge in [0.25, 0.3) is 0 Å². The van der Waals surface area contributed by atoms with Gasteiger partial charge in [0.05, 0.1) is 26.5 Å². The maximum absolute atomic E-state index is 13.4. The molecule has 1 fully saturated rings. The molecule has 0 spiro atoms. The zero-order valence-electron chi connectivity index (χ0n) is 19.5. The van der Waals surface area contributed by atoms with E-state index in [2.05, 4.69) is 10.3 Å². The summed E-state index contributed by atoms with van der Waals surface area (Å²) in [5.41, 5.74) is 1.62. The van der Waals surface area contributed by atoms with Crippen molar-refractivity contribution in [2.45, 2.75) is 18.2 Å². The van der Waals surface area contributed by atoms with Crippen LogP contribution in [0.25, 0.3) is 0 Å². The molecule has 4 rings (SSSR count). The number of carbonyl (C=O) groups is 2.